The van der Waals surface area contributed by atoms with Crippen LogP contribution in [0.1, 0.15) is 80.9 Å². The summed E-state index contributed by atoms with van der Waals surface area (Å²) >= 11 is 0.898. The lowest BCUT2D eigenvalue weighted by Gasteiger charge is -2.35. The number of hydrogen-bond donors (Lipinski definition) is 0. The van der Waals surface area contributed by atoms with Gasteiger partial charge in [-0.2, -0.15) is 13.2 Å². The quantitative estimate of drug-likeness (QED) is 0.493. The number of rotatable bonds is 5. The molecule has 1 saturated carbocycles. The molecule has 3 rings (SSSR count). The van der Waals surface area contributed by atoms with Gasteiger partial charge in [-0.1, -0.05) is 45.1 Å². The minimum absolute atomic E-state index is 0.476. The molecule has 0 spiro atoms. The Hall–Kier alpha value is -0.770. The maximum Gasteiger partial charge on any atom is 0.425 e. The fourth-order valence-electron chi connectivity index (χ4n) is 4.61. The van der Waals surface area contributed by atoms with Gasteiger partial charge in [0.05, 0.1) is 0 Å². The Morgan fingerprint density at radius 3 is 2.36 bits per heavy atom. The first-order valence-corrected chi connectivity index (χ1v) is 10.7. The molecule has 1 fully saturated rings. The molecule has 0 amide bonds. The zero-order valence-electron chi connectivity index (χ0n) is 15.1. The molecule has 1 unspecified atom stereocenters. The summed E-state index contributed by atoms with van der Waals surface area (Å²) in [6.07, 6.45) is 10.7. The molecule has 0 N–H and O–H groups in total. The maximum atomic E-state index is 12.8. The van der Waals surface area contributed by atoms with E-state index in [9.17, 15) is 13.2 Å². The van der Waals surface area contributed by atoms with Crippen LogP contribution in [0.5, 0.6) is 0 Å². The zero-order valence-corrected chi connectivity index (χ0v) is 15.9. The Morgan fingerprint density at radius 2 is 1.80 bits per heavy atom. The largest absolute Gasteiger partial charge is 0.425 e. The number of thiophene rings is 1. The van der Waals surface area contributed by atoms with Crippen molar-refractivity contribution in [1.82, 2.24) is 0 Å². The van der Waals surface area contributed by atoms with E-state index in [0.29, 0.717) is 0 Å². The lowest BCUT2D eigenvalue weighted by molar-refractivity contribution is -0.134. The summed E-state index contributed by atoms with van der Waals surface area (Å²) < 4.78 is 38.3. The normalized spacial score (nSPS) is 28.0. The van der Waals surface area contributed by atoms with Crippen LogP contribution in [0, 0.1) is 17.8 Å². The predicted molar refractivity (Wildman–Crippen MR) is 99.6 cm³/mol. The topological polar surface area (TPSA) is 0 Å². The minimum Gasteiger partial charge on any atom is -0.165 e. The lowest BCUT2D eigenvalue weighted by Crippen LogP contribution is -2.23. The van der Waals surface area contributed by atoms with Gasteiger partial charge in [0, 0.05) is 4.88 Å². The van der Waals surface area contributed by atoms with Gasteiger partial charge in [-0.05, 0) is 67.6 Å². The van der Waals surface area contributed by atoms with Gasteiger partial charge >= 0.3 is 6.18 Å². The Balaban J connectivity index is 1.52. The average Bonchev–Trinajstić information content (AvgIpc) is 3.11. The molecule has 4 heteroatoms. The highest BCUT2D eigenvalue weighted by Gasteiger charge is 2.33. The van der Waals surface area contributed by atoms with Crippen molar-refractivity contribution < 1.29 is 13.2 Å². The molecule has 140 valence electrons. The van der Waals surface area contributed by atoms with Crippen molar-refractivity contribution in [2.24, 2.45) is 17.8 Å². The molecule has 1 aromatic heterocycles. The van der Waals surface area contributed by atoms with Crippen LogP contribution in [0.25, 0.3) is 5.57 Å². The molecule has 0 bridgehead atoms. The highest BCUT2D eigenvalue weighted by atomic mass is 32.1. The van der Waals surface area contributed by atoms with Crippen LogP contribution in [-0.2, 0) is 6.18 Å². The number of alkyl halides is 3. The second-order valence-corrected chi connectivity index (χ2v) is 8.93. The molecule has 25 heavy (non-hydrogen) atoms. The van der Waals surface area contributed by atoms with Gasteiger partial charge in [0.15, 0.2) is 0 Å². The standard InChI is InChI=1S/C21H29F3S/c1-2-3-4-15-5-7-16(8-6-15)17-9-11-18(12-10-17)19-13-14-20(25-19)21(22,23)24/h11,13-17H,2-10,12H2,1H3. The third kappa shape index (κ3) is 4.90. The molecule has 0 aromatic carbocycles. The molecule has 1 atom stereocenters. The smallest absolute Gasteiger partial charge is 0.165 e. The Kier molecular flexibility index (Phi) is 6.30. The van der Waals surface area contributed by atoms with Gasteiger partial charge in [-0.3, -0.25) is 0 Å². The SMILES string of the molecule is CCCCC1CCC(C2CC=C(c3ccc(C(F)(F)F)s3)CC2)CC1. The Morgan fingerprint density at radius 1 is 1.04 bits per heavy atom. The first-order chi connectivity index (χ1) is 12.0. The van der Waals surface area contributed by atoms with Crippen molar-refractivity contribution in [2.45, 2.75) is 77.3 Å². The number of hydrogen-bond acceptors (Lipinski definition) is 1. The third-order valence-electron chi connectivity index (χ3n) is 6.18. The van der Waals surface area contributed by atoms with E-state index >= 15 is 0 Å². The van der Waals surface area contributed by atoms with Crippen molar-refractivity contribution in [1.29, 1.82) is 0 Å². The summed E-state index contributed by atoms with van der Waals surface area (Å²) in [5.41, 5.74) is 1.13. The summed E-state index contributed by atoms with van der Waals surface area (Å²) in [5.74, 6) is 2.53. The van der Waals surface area contributed by atoms with Gasteiger partial charge in [0.25, 0.3) is 0 Å². The van der Waals surface area contributed by atoms with Crippen LogP contribution >= 0.6 is 11.3 Å². The van der Waals surface area contributed by atoms with Gasteiger partial charge in [0.1, 0.15) is 4.88 Å². The van der Waals surface area contributed by atoms with Gasteiger partial charge in [-0.15, -0.1) is 11.3 Å². The summed E-state index contributed by atoms with van der Waals surface area (Å²) in [7, 11) is 0. The average molecular weight is 371 g/mol. The monoisotopic (exact) mass is 370 g/mol. The van der Waals surface area contributed by atoms with Crippen LogP contribution < -0.4 is 0 Å². The van der Waals surface area contributed by atoms with E-state index < -0.39 is 11.1 Å². The summed E-state index contributed by atoms with van der Waals surface area (Å²) in [6.45, 7) is 2.27. The molecule has 0 radical (unpaired) electrons. The zero-order chi connectivity index (χ0) is 17.9. The van der Waals surface area contributed by atoms with Crippen LogP contribution in [0.4, 0.5) is 13.2 Å². The predicted octanol–water partition coefficient (Wildman–Crippen LogP) is 7.95. The van der Waals surface area contributed by atoms with Crippen molar-refractivity contribution in [3.8, 4) is 0 Å². The molecule has 2 aliphatic carbocycles. The van der Waals surface area contributed by atoms with Crippen molar-refractivity contribution >= 4 is 16.9 Å². The van der Waals surface area contributed by atoms with E-state index in [1.54, 1.807) is 6.07 Å². The highest BCUT2D eigenvalue weighted by molar-refractivity contribution is 7.13. The molecule has 2 aliphatic rings. The van der Waals surface area contributed by atoms with Crippen LogP contribution in [0.15, 0.2) is 18.2 Å². The fourth-order valence-corrected chi connectivity index (χ4v) is 5.55. The second-order valence-electron chi connectivity index (χ2n) is 7.85. The Labute approximate surface area is 153 Å². The molecule has 0 saturated heterocycles. The summed E-state index contributed by atoms with van der Waals surface area (Å²) in [5, 5.41) is 0. The Bertz CT molecular complexity index is 576. The first-order valence-electron chi connectivity index (χ1n) is 9.83. The number of halogens is 3. The highest BCUT2D eigenvalue weighted by Crippen LogP contribution is 2.44. The molecule has 1 aromatic rings. The number of unbranched alkanes of at least 4 members (excludes halogenated alkanes) is 1. The summed E-state index contributed by atoms with van der Waals surface area (Å²) in [4.78, 5) is 0.338. The van der Waals surface area contributed by atoms with E-state index in [2.05, 4.69) is 13.0 Å². The van der Waals surface area contributed by atoms with Crippen LogP contribution in [0.2, 0.25) is 0 Å². The first kappa shape index (κ1) is 19.0. The van der Waals surface area contributed by atoms with E-state index in [1.807, 2.05) is 0 Å². The van der Waals surface area contributed by atoms with E-state index in [1.165, 1.54) is 51.0 Å². The second kappa shape index (κ2) is 8.28. The van der Waals surface area contributed by atoms with E-state index in [0.717, 1.165) is 58.8 Å². The molecule has 0 nitrogen and oxygen atoms in total. The number of allylic oxidation sites excluding steroid dienone is 2. The molecular weight excluding hydrogens is 341 g/mol. The van der Waals surface area contributed by atoms with Crippen molar-refractivity contribution in [3.63, 3.8) is 0 Å². The lowest BCUT2D eigenvalue weighted by atomic mass is 9.70. The van der Waals surface area contributed by atoms with Crippen LogP contribution in [-0.4, -0.2) is 0 Å². The van der Waals surface area contributed by atoms with Crippen molar-refractivity contribution in [3.05, 3.63) is 28.0 Å². The van der Waals surface area contributed by atoms with Gasteiger partial charge in [-0.25, -0.2) is 0 Å². The van der Waals surface area contributed by atoms with Crippen molar-refractivity contribution in [2.75, 3.05) is 0 Å². The third-order valence-corrected chi connectivity index (χ3v) is 7.38. The van der Waals surface area contributed by atoms with Gasteiger partial charge in [0.2, 0.25) is 0 Å². The minimum atomic E-state index is -4.21. The molecular formula is C21H29F3S. The maximum absolute atomic E-state index is 12.8. The molecule has 0 aliphatic heterocycles. The summed E-state index contributed by atoms with van der Waals surface area (Å²) in [6, 6.07) is 2.88. The van der Waals surface area contributed by atoms with E-state index in [4.69, 9.17) is 0 Å². The van der Waals surface area contributed by atoms with E-state index in [-0.39, 0.29) is 0 Å². The fraction of sp³-hybridized carbons (Fsp3) is 0.714. The van der Waals surface area contributed by atoms with Crippen LogP contribution in [0.3, 0.4) is 0 Å². The molecule has 1 heterocycles. The van der Waals surface area contributed by atoms with Gasteiger partial charge < -0.3 is 0 Å².